The zero-order chi connectivity index (χ0) is 23.8. The molecule has 8 heteroatoms. The summed E-state index contributed by atoms with van der Waals surface area (Å²) >= 11 is 0. The van der Waals surface area contributed by atoms with Crippen LogP contribution in [-0.2, 0) is 31.6 Å². The summed E-state index contributed by atoms with van der Waals surface area (Å²) in [6, 6.07) is 14.4. The van der Waals surface area contributed by atoms with Crippen LogP contribution in [0.3, 0.4) is 0 Å². The average Bonchev–Trinajstić information content (AvgIpc) is 2.98. The van der Waals surface area contributed by atoms with Crippen LogP contribution in [0.4, 0.5) is 5.69 Å². The first-order valence-electron chi connectivity index (χ1n) is 11.4. The minimum atomic E-state index is -3.64. The van der Waals surface area contributed by atoms with E-state index in [9.17, 15) is 18.0 Å². The molecule has 2 amide bonds. The van der Waals surface area contributed by atoms with Crippen LogP contribution in [0.15, 0.2) is 53.4 Å². The molecule has 2 aromatic rings. The van der Waals surface area contributed by atoms with Crippen molar-refractivity contribution in [2.45, 2.75) is 50.5 Å². The molecule has 0 radical (unpaired) electrons. The van der Waals surface area contributed by atoms with Crippen molar-refractivity contribution in [1.82, 2.24) is 9.62 Å². The fraction of sp³-hybridized carbons (Fsp3) is 0.440. The third kappa shape index (κ3) is 4.54. The van der Waals surface area contributed by atoms with E-state index in [1.807, 2.05) is 30.3 Å². The summed E-state index contributed by atoms with van der Waals surface area (Å²) in [7, 11) is -3.64. The molecule has 0 spiro atoms. The van der Waals surface area contributed by atoms with Gasteiger partial charge in [-0.3, -0.25) is 9.59 Å². The quantitative estimate of drug-likeness (QED) is 0.705. The van der Waals surface area contributed by atoms with Gasteiger partial charge in [0.15, 0.2) is 0 Å². The molecular formula is C25H31N3O4S. The number of piperidine rings is 1. The Morgan fingerprint density at radius 2 is 1.88 bits per heavy atom. The van der Waals surface area contributed by atoms with Crippen LogP contribution in [0.5, 0.6) is 0 Å². The van der Waals surface area contributed by atoms with Crippen LogP contribution in [0.1, 0.15) is 44.7 Å². The van der Waals surface area contributed by atoms with E-state index in [0.29, 0.717) is 36.8 Å². The second-order valence-corrected chi connectivity index (χ2v) is 11.5. The molecule has 2 aliphatic rings. The Labute approximate surface area is 195 Å². The summed E-state index contributed by atoms with van der Waals surface area (Å²) in [6.07, 6.45) is 1.88. The second-order valence-electron chi connectivity index (χ2n) is 9.57. The number of sulfonamides is 1. The van der Waals surface area contributed by atoms with Crippen LogP contribution in [0.2, 0.25) is 0 Å². The number of anilines is 1. The van der Waals surface area contributed by atoms with E-state index in [1.165, 1.54) is 4.90 Å². The highest BCUT2D eigenvalue weighted by molar-refractivity contribution is 7.89. The molecule has 33 heavy (non-hydrogen) atoms. The van der Waals surface area contributed by atoms with Gasteiger partial charge < -0.3 is 10.2 Å². The number of hydrogen-bond donors (Lipinski definition) is 1. The molecular weight excluding hydrogens is 438 g/mol. The van der Waals surface area contributed by atoms with Gasteiger partial charge >= 0.3 is 0 Å². The number of carbonyl (C=O) groups excluding carboxylic acids is 2. The number of hydrogen-bond acceptors (Lipinski definition) is 4. The Kier molecular flexibility index (Phi) is 6.33. The van der Waals surface area contributed by atoms with Crippen molar-refractivity contribution < 1.29 is 18.0 Å². The van der Waals surface area contributed by atoms with Gasteiger partial charge in [0.2, 0.25) is 21.8 Å². The van der Waals surface area contributed by atoms with E-state index < -0.39 is 15.4 Å². The molecule has 1 unspecified atom stereocenters. The minimum Gasteiger partial charge on any atom is -0.350 e. The van der Waals surface area contributed by atoms with E-state index in [1.54, 1.807) is 36.4 Å². The van der Waals surface area contributed by atoms with Crippen molar-refractivity contribution in [2.75, 3.05) is 24.5 Å². The monoisotopic (exact) mass is 469 g/mol. The summed E-state index contributed by atoms with van der Waals surface area (Å²) in [6.45, 7) is 6.90. The molecule has 0 saturated carbocycles. The zero-order valence-electron chi connectivity index (χ0n) is 19.4. The second kappa shape index (κ2) is 8.91. The average molecular weight is 470 g/mol. The maximum atomic E-state index is 13.3. The van der Waals surface area contributed by atoms with Gasteiger partial charge in [-0.2, -0.15) is 4.31 Å². The maximum absolute atomic E-state index is 13.3. The number of nitrogens with one attached hydrogen (secondary N) is 1. The highest BCUT2D eigenvalue weighted by atomic mass is 32.2. The van der Waals surface area contributed by atoms with Gasteiger partial charge in [-0.1, -0.05) is 37.3 Å². The van der Waals surface area contributed by atoms with Gasteiger partial charge in [0, 0.05) is 25.3 Å². The SMILES string of the molecule is CC1CCCN(S(=O)(=O)c2ccc3c(c2)C(C)(C)C(=O)N3CC(=O)NCc2ccccc2)C1. The van der Waals surface area contributed by atoms with Crippen LogP contribution in [-0.4, -0.2) is 44.2 Å². The molecule has 2 aromatic carbocycles. The summed E-state index contributed by atoms with van der Waals surface area (Å²) in [4.78, 5) is 27.4. The molecule has 176 valence electrons. The fourth-order valence-electron chi connectivity index (χ4n) is 4.64. The smallest absolute Gasteiger partial charge is 0.243 e. The molecule has 0 aromatic heterocycles. The van der Waals surface area contributed by atoms with Crippen molar-refractivity contribution in [2.24, 2.45) is 5.92 Å². The largest absolute Gasteiger partial charge is 0.350 e. The number of fused-ring (bicyclic) bond motifs is 1. The van der Waals surface area contributed by atoms with Crippen molar-refractivity contribution in [3.63, 3.8) is 0 Å². The molecule has 1 saturated heterocycles. The van der Waals surface area contributed by atoms with E-state index in [-0.39, 0.29) is 23.3 Å². The third-order valence-corrected chi connectivity index (χ3v) is 8.46. The van der Waals surface area contributed by atoms with Crippen LogP contribution >= 0.6 is 0 Å². The number of carbonyl (C=O) groups is 2. The number of nitrogens with zero attached hydrogens (tertiary/aromatic N) is 2. The molecule has 0 aliphatic carbocycles. The molecule has 2 heterocycles. The zero-order valence-corrected chi connectivity index (χ0v) is 20.2. The number of benzene rings is 2. The summed E-state index contributed by atoms with van der Waals surface area (Å²) in [5.41, 5.74) is 1.27. The summed E-state index contributed by atoms with van der Waals surface area (Å²) < 4.78 is 28.1. The van der Waals surface area contributed by atoms with Gasteiger partial charge in [0.25, 0.3) is 0 Å². The maximum Gasteiger partial charge on any atom is 0.243 e. The van der Waals surface area contributed by atoms with Crippen molar-refractivity contribution in [3.05, 3.63) is 59.7 Å². The first kappa shape index (κ1) is 23.4. The Bertz CT molecular complexity index is 1160. The van der Waals surface area contributed by atoms with Crippen LogP contribution in [0.25, 0.3) is 0 Å². The van der Waals surface area contributed by atoms with Gasteiger partial charge in [-0.05, 0) is 61.9 Å². The van der Waals surface area contributed by atoms with E-state index in [2.05, 4.69) is 12.2 Å². The summed E-state index contributed by atoms with van der Waals surface area (Å²) in [5, 5.41) is 2.85. The molecule has 1 atom stereocenters. The Morgan fingerprint density at radius 3 is 2.58 bits per heavy atom. The third-order valence-electron chi connectivity index (χ3n) is 6.60. The summed E-state index contributed by atoms with van der Waals surface area (Å²) in [5.74, 6) is -0.158. The lowest BCUT2D eigenvalue weighted by Gasteiger charge is -2.30. The van der Waals surface area contributed by atoms with Crippen molar-refractivity contribution in [1.29, 1.82) is 0 Å². The van der Waals surface area contributed by atoms with Crippen molar-refractivity contribution >= 4 is 27.5 Å². The van der Waals surface area contributed by atoms with E-state index in [0.717, 1.165) is 18.4 Å². The molecule has 0 bridgehead atoms. The van der Waals surface area contributed by atoms with Gasteiger partial charge in [-0.25, -0.2) is 8.42 Å². The van der Waals surface area contributed by atoms with Gasteiger partial charge in [0.1, 0.15) is 6.54 Å². The first-order valence-corrected chi connectivity index (χ1v) is 12.8. The van der Waals surface area contributed by atoms with Gasteiger partial charge in [-0.15, -0.1) is 0 Å². The molecule has 2 aliphatic heterocycles. The molecule has 4 rings (SSSR count). The van der Waals surface area contributed by atoms with Crippen molar-refractivity contribution in [3.8, 4) is 0 Å². The highest BCUT2D eigenvalue weighted by Gasteiger charge is 2.45. The van der Waals surface area contributed by atoms with Crippen LogP contribution < -0.4 is 10.2 Å². The Balaban J connectivity index is 1.55. The van der Waals surface area contributed by atoms with E-state index >= 15 is 0 Å². The van der Waals surface area contributed by atoms with Gasteiger partial charge in [0.05, 0.1) is 10.3 Å². The fourth-order valence-corrected chi connectivity index (χ4v) is 6.27. The van der Waals surface area contributed by atoms with E-state index in [4.69, 9.17) is 0 Å². The highest BCUT2D eigenvalue weighted by Crippen LogP contribution is 2.42. The lowest BCUT2D eigenvalue weighted by molar-refractivity contribution is -0.125. The topological polar surface area (TPSA) is 86.8 Å². The standard InChI is InChI=1S/C25H31N3O4S/c1-18-8-7-13-27(16-18)33(31,32)20-11-12-22-21(14-20)25(2,3)24(30)28(22)17-23(29)26-15-19-9-5-4-6-10-19/h4-6,9-12,14,18H,7-8,13,15-17H2,1-3H3,(H,26,29). The lowest BCUT2D eigenvalue weighted by Crippen LogP contribution is -2.42. The number of rotatable bonds is 6. The molecule has 1 N–H and O–H groups in total. The normalized spacial score (nSPS) is 20.5. The Morgan fingerprint density at radius 1 is 1.15 bits per heavy atom. The number of amides is 2. The molecule has 7 nitrogen and oxygen atoms in total. The first-order chi connectivity index (χ1) is 15.6. The molecule has 1 fully saturated rings. The Hall–Kier alpha value is -2.71. The lowest BCUT2D eigenvalue weighted by atomic mass is 9.86. The predicted octanol–water partition coefficient (Wildman–Crippen LogP) is 3.05. The predicted molar refractivity (Wildman–Crippen MR) is 127 cm³/mol. The van der Waals surface area contributed by atoms with Crippen LogP contribution in [0, 0.1) is 5.92 Å². The minimum absolute atomic E-state index is 0.113.